The number of aliphatic hydroxyl groups is 1. The molecular formula is C24H34N6O3. The Morgan fingerprint density at radius 3 is 2.79 bits per heavy atom. The van der Waals surface area contributed by atoms with E-state index in [1.54, 1.807) is 0 Å². The van der Waals surface area contributed by atoms with Gasteiger partial charge in [-0.25, -0.2) is 14.8 Å². The van der Waals surface area contributed by atoms with Gasteiger partial charge in [-0.2, -0.15) is 0 Å². The van der Waals surface area contributed by atoms with E-state index >= 15 is 0 Å². The van der Waals surface area contributed by atoms with E-state index in [-0.39, 0.29) is 18.7 Å². The fourth-order valence-corrected chi connectivity index (χ4v) is 4.40. The molecular weight excluding hydrogens is 420 g/mol. The summed E-state index contributed by atoms with van der Waals surface area (Å²) in [6, 6.07) is 7.67. The number of carbonyl (C=O) groups is 1. The van der Waals surface area contributed by atoms with Crippen molar-refractivity contribution in [2.75, 3.05) is 56.2 Å². The minimum absolute atomic E-state index is 0.200. The molecule has 2 amide bonds. The van der Waals surface area contributed by atoms with E-state index in [1.807, 2.05) is 31.2 Å². The van der Waals surface area contributed by atoms with Gasteiger partial charge in [0, 0.05) is 56.1 Å². The first-order valence-electron chi connectivity index (χ1n) is 11.8. The molecule has 1 saturated heterocycles. The Labute approximate surface area is 195 Å². The summed E-state index contributed by atoms with van der Waals surface area (Å²) in [5.74, 6) is 1.70. The number of morpholine rings is 1. The lowest BCUT2D eigenvalue weighted by molar-refractivity contribution is 0.0983. The molecule has 1 fully saturated rings. The van der Waals surface area contributed by atoms with Gasteiger partial charge in [0.15, 0.2) is 5.82 Å². The lowest BCUT2D eigenvalue weighted by atomic mass is 10.0. The standard InChI is InChI=1S/C24H34N6O3/c1-3-25-24(32)26-19-7-5-18(6-8-19)22-27-21-15-29(10-4-13-31)11-9-20(21)23(28-22)30-12-14-33-16-17(30)2/h5-8,17,31H,3-4,9-16H2,1-2H3,(H2,25,26,32)/t17-/m0/s1. The van der Waals surface area contributed by atoms with E-state index in [1.165, 1.54) is 5.56 Å². The van der Waals surface area contributed by atoms with E-state index in [0.717, 1.165) is 61.8 Å². The van der Waals surface area contributed by atoms with Gasteiger partial charge in [-0.3, -0.25) is 4.90 Å². The third-order valence-corrected chi connectivity index (χ3v) is 6.13. The Morgan fingerprint density at radius 2 is 2.06 bits per heavy atom. The molecule has 2 aliphatic rings. The van der Waals surface area contributed by atoms with Gasteiger partial charge in [0.05, 0.1) is 24.9 Å². The Kier molecular flexibility index (Phi) is 7.74. The van der Waals surface area contributed by atoms with Gasteiger partial charge < -0.3 is 25.4 Å². The molecule has 0 unspecified atom stereocenters. The van der Waals surface area contributed by atoms with Crippen molar-refractivity contribution in [3.63, 3.8) is 0 Å². The van der Waals surface area contributed by atoms with Crippen LogP contribution in [-0.4, -0.2) is 78.0 Å². The number of fused-ring (bicyclic) bond motifs is 1. The van der Waals surface area contributed by atoms with Crippen LogP contribution < -0.4 is 15.5 Å². The Morgan fingerprint density at radius 1 is 1.24 bits per heavy atom. The second-order valence-corrected chi connectivity index (χ2v) is 8.58. The van der Waals surface area contributed by atoms with Crippen molar-refractivity contribution in [3.8, 4) is 11.4 Å². The molecule has 0 bridgehead atoms. The highest BCUT2D eigenvalue weighted by atomic mass is 16.5. The van der Waals surface area contributed by atoms with Crippen LogP contribution in [0.5, 0.6) is 0 Å². The molecule has 33 heavy (non-hydrogen) atoms. The number of benzene rings is 1. The lowest BCUT2D eigenvalue weighted by Gasteiger charge is -2.37. The summed E-state index contributed by atoms with van der Waals surface area (Å²) in [7, 11) is 0. The van der Waals surface area contributed by atoms with E-state index in [9.17, 15) is 9.90 Å². The van der Waals surface area contributed by atoms with E-state index in [4.69, 9.17) is 14.7 Å². The van der Waals surface area contributed by atoms with Crippen molar-refractivity contribution in [3.05, 3.63) is 35.5 Å². The van der Waals surface area contributed by atoms with Crippen molar-refractivity contribution in [1.82, 2.24) is 20.2 Å². The van der Waals surface area contributed by atoms with Crippen LogP contribution in [0.2, 0.25) is 0 Å². The number of amides is 2. The second kappa shape index (κ2) is 10.9. The zero-order valence-electron chi connectivity index (χ0n) is 19.5. The van der Waals surface area contributed by atoms with Crippen molar-refractivity contribution in [1.29, 1.82) is 0 Å². The molecule has 1 aromatic carbocycles. The molecule has 1 atom stereocenters. The molecule has 0 radical (unpaired) electrons. The molecule has 9 heteroatoms. The number of aromatic nitrogens is 2. The topological polar surface area (TPSA) is 103 Å². The van der Waals surface area contributed by atoms with Gasteiger partial charge >= 0.3 is 6.03 Å². The predicted octanol–water partition coefficient (Wildman–Crippen LogP) is 2.25. The number of aliphatic hydroxyl groups excluding tert-OH is 1. The number of nitrogens with zero attached hydrogens (tertiary/aromatic N) is 4. The molecule has 1 aromatic heterocycles. The molecule has 2 aliphatic heterocycles. The van der Waals surface area contributed by atoms with Crippen LogP contribution in [0, 0.1) is 0 Å². The lowest BCUT2D eigenvalue weighted by Crippen LogP contribution is -2.45. The average molecular weight is 455 g/mol. The summed E-state index contributed by atoms with van der Waals surface area (Å²) in [4.78, 5) is 26.5. The number of urea groups is 1. The maximum absolute atomic E-state index is 11.8. The van der Waals surface area contributed by atoms with Gasteiger partial charge in [0.1, 0.15) is 5.82 Å². The van der Waals surface area contributed by atoms with E-state index in [0.29, 0.717) is 25.6 Å². The number of carbonyl (C=O) groups excluding carboxylic acids is 1. The number of hydrogen-bond acceptors (Lipinski definition) is 7. The maximum Gasteiger partial charge on any atom is 0.319 e. The van der Waals surface area contributed by atoms with Crippen LogP contribution in [0.4, 0.5) is 16.3 Å². The van der Waals surface area contributed by atoms with Gasteiger partial charge in [-0.15, -0.1) is 0 Å². The summed E-state index contributed by atoms with van der Waals surface area (Å²) in [6.07, 6.45) is 1.66. The predicted molar refractivity (Wildman–Crippen MR) is 128 cm³/mol. The molecule has 9 nitrogen and oxygen atoms in total. The largest absolute Gasteiger partial charge is 0.396 e. The molecule has 2 aromatic rings. The zero-order valence-corrected chi connectivity index (χ0v) is 19.5. The van der Waals surface area contributed by atoms with Crippen molar-refractivity contribution in [2.24, 2.45) is 0 Å². The Hall–Kier alpha value is -2.75. The first-order chi connectivity index (χ1) is 16.1. The van der Waals surface area contributed by atoms with Crippen LogP contribution in [-0.2, 0) is 17.7 Å². The zero-order chi connectivity index (χ0) is 23.2. The number of nitrogens with one attached hydrogen (secondary N) is 2. The highest BCUT2D eigenvalue weighted by Crippen LogP contribution is 2.31. The van der Waals surface area contributed by atoms with Gasteiger partial charge in [0.2, 0.25) is 0 Å². The number of rotatable bonds is 7. The van der Waals surface area contributed by atoms with Crippen LogP contribution in [0.1, 0.15) is 31.5 Å². The van der Waals surface area contributed by atoms with Crippen LogP contribution in [0.15, 0.2) is 24.3 Å². The van der Waals surface area contributed by atoms with Crippen molar-refractivity contribution >= 4 is 17.5 Å². The maximum atomic E-state index is 11.8. The summed E-state index contributed by atoms with van der Waals surface area (Å²) in [6.45, 7) is 9.59. The molecule has 178 valence electrons. The number of anilines is 2. The third-order valence-electron chi connectivity index (χ3n) is 6.13. The molecule has 3 heterocycles. The third kappa shape index (κ3) is 5.61. The number of hydrogen-bond donors (Lipinski definition) is 3. The smallest absolute Gasteiger partial charge is 0.319 e. The highest BCUT2D eigenvalue weighted by Gasteiger charge is 2.28. The molecule has 0 saturated carbocycles. The van der Waals surface area contributed by atoms with E-state index < -0.39 is 0 Å². The first kappa shape index (κ1) is 23.4. The Balaban J connectivity index is 1.65. The van der Waals surface area contributed by atoms with Gasteiger partial charge in [-0.1, -0.05) is 0 Å². The Bertz CT molecular complexity index is 952. The minimum atomic E-state index is -0.221. The second-order valence-electron chi connectivity index (χ2n) is 8.58. The number of ether oxygens (including phenoxy) is 1. The summed E-state index contributed by atoms with van der Waals surface area (Å²) < 4.78 is 5.66. The molecule has 0 spiro atoms. The van der Waals surface area contributed by atoms with Crippen molar-refractivity contribution in [2.45, 2.75) is 39.3 Å². The summed E-state index contributed by atoms with van der Waals surface area (Å²) in [5.41, 5.74) is 3.92. The van der Waals surface area contributed by atoms with Gasteiger partial charge in [-0.05, 0) is 51.0 Å². The quantitative estimate of drug-likeness (QED) is 0.590. The molecule has 3 N–H and O–H groups in total. The minimum Gasteiger partial charge on any atom is -0.396 e. The normalized spacial score (nSPS) is 18.6. The molecule has 4 rings (SSSR count). The summed E-state index contributed by atoms with van der Waals surface area (Å²) >= 11 is 0. The fourth-order valence-electron chi connectivity index (χ4n) is 4.40. The summed E-state index contributed by atoms with van der Waals surface area (Å²) in [5, 5.41) is 14.8. The first-order valence-corrected chi connectivity index (χ1v) is 11.8. The monoisotopic (exact) mass is 454 g/mol. The fraction of sp³-hybridized carbons (Fsp3) is 0.542. The SMILES string of the molecule is CCNC(=O)Nc1ccc(-c2nc3c(c(N4CCOC[C@@H]4C)n2)CCN(CCCO)C3)cc1. The van der Waals surface area contributed by atoms with Crippen LogP contribution >= 0.6 is 0 Å². The van der Waals surface area contributed by atoms with Crippen LogP contribution in [0.25, 0.3) is 11.4 Å². The molecule has 0 aliphatic carbocycles. The average Bonchev–Trinajstić information content (AvgIpc) is 2.83. The van der Waals surface area contributed by atoms with Crippen LogP contribution in [0.3, 0.4) is 0 Å². The highest BCUT2D eigenvalue weighted by molar-refractivity contribution is 5.89. The van der Waals surface area contributed by atoms with E-state index in [2.05, 4.69) is 27.4 Å². The van der Waals surface area contributed by atoms with Gasteiger partial charge in [0.25, 0.3) is 0 Å². The van der Waals surface area contributed by atoms with Crippen molar-refractivity contribution < 1.29 is 14.6 Å².